The van der Waals surface area contributed by atoms with E-state index in [1.165, 1.54) is 0 Å². The van der Waals surface area contributed by atoms with Crippen LogP contribution in [-0.2, 0) is 4.79 Å². The molecular formula is C16H21ClF2N2O2. The van der Waals surface area contributed by atoms with Crippen LogP contribution in [0.5, 0.6) is 0 Å². The van der Waals surface area contributed by atoms with Crippen LogP contribution in [0, 0.1) is 5.41 Å². The molecule has 0 radical (unpaired) electrons. The van der Waals surface area contributed by atoms with Crippen LogP contribution in [0.2, 0.25) is 0 Å². The lowest BCUT2D eigenvalue weighted by Crippen LogP contribution is -2.43. The minimum absolute atomic E-state index is 0. The van der Waals surface area contributed by atoms with Crippen molar-refractivity contribution in [1.29, 1.82) is 0 Å². The molecule has 1 saturated heterocycles. The zero-order valence-corrected chi connectivity index (χ0v) is 13.4. The highest BCUT2D eigenvalue weighted by Gasteiger charge is 2.50. The van der Waals surface area contributed by atoms with Crippen LogP contribution in [0.25, 0.3) is 0 Å². The number of rotatable bonds is 5. The second-order valence-corrected chi connectivity index (χ2v) is 6.39. The van der Waals surface area contributed by atoms with Crippen molar-refractivity contribution in [3.8, 4) is 0 Å². The maximum atomic E-state index is 13.1. The van der Waals surface area contributed by atoms with E-state index >= 15 is 0 Å². The monoisotopic (exact) mass is 346 g/mol. The van der Waals surface area contributed by atoms with Gasteiger partial charge in [-0.05, 0) is 18.4 Å². The van der Waals surface area contributed by atoms with E-state index in [0.717, 1.165) is 18.4 Å². The number of alkyl halides is 2. The van der Waals surface area contributed by atoms with Crippen LogP contribution in [0.1, 0.15) is 30.9 Å². The van der Waals surface area contributed by atoms with Crippen LogP contribution < -0.4 is 10.6 Å². The number of nitrogens with one attached hydrogen (secondary N) is 2. The van der Waals surface area contributed by atoms with Gasteiger partial charge in [-0.3, -0.25) is 10.1 Å². The minimum Gasteiger partial charge on any atom is -0.388 e. The predicted molar refractivity (Wildman–Crippen MR) is 84.7 cm³/mol. The molecule has 7 heteroatoms. The Morgan fingerprint density at radius 1 is 1.35 bits per heavy atom. The van der Waals surface area contributed by atoms with Gasteiger partial charge in [-0.15, -0.1) is 12.4 Å². The highest BCUT2D eigenvalue weighted by Crippen LogP contribution is 2.54. The first-order valence-corrected chi connectivity index (χ1v) is 7.54. The van der Waals surface area contributed by atoms with E-state index in [2.05, 4.69) is 10.6 Å². The quantitative estimate of drug-likeness (QED) is 0.764. The summed E-state index contributed by atoms with van der Waals surface area (Å²) < 4.78 is 26.2. The fourth-order valence-electron chi connectivity index (χ4n) is 2.98. The standard InChI is InChI=1S/C16H20F2N2O2.ClH/c17-16(18)8-12(19-10-16)14(22)20-9-15(6-7-15)13(21)11-4-2-1-3-5-11;/h1-5,12-13,19,21H,6-10H2,(H,20,22);1H. The van der Waals surface area contributed by atoms with Crippen molar-refractivity contribution in [2.75, 3.05) is 13.1 Å². The summed E-state index contributed by atoms with van der Waals surface area (Å²) >= 11 is 0. The normalized spacial score (nSPS) is 25.3. The van der Waals surface area contributed by atoms with Gasteiger partial charge in [0.1, 0.15) is 0 Å². The first-order valence-electron chi connectivity index (χ1n) is 7.54. The zero-order valence-electron chi connectivity index (χ0n) is 12.6. The summed E-state index contributed by atoms with van der Waals surface area (Å²) in [6.07, 6.45) is 0.523. The lowest BCUT2D eigenvalue weighted by atomic mass is 9.92. The first kappa shape index (κ1) is 18.1. The van der Waals surface area contributed by atoms with Gasteiger partial charge in [0.25, 0.3) is 5.92 Å². The highest BCUT2D eigenvalue weighted by atomic mass is 35.5. The molecule has 2 atom stereocenters. The van der Waals surface area contributed by atoms with E-state index in [1.54, 1.807) is 0 Å². The summed E-state index contributed by atoms with van der Waals surface area (Å²) in [7, 11) is 0. The van der Waals surface area contributed by atoms with Gasteiger partial charge in [-0.25, -0.2) is 8.78 Å². The fourth-order valence-corrected chi connectivity index (χ4v) is 2.98. The lowest BCUT2D eigenvalue weighted by Gasteiger charge is -2.24. The van der Waals surface area contributed by atoms with Crippen molar-refractivity contribution < 1.29 is 18.7 Å². The van der Waals surface area contributed by atoms with Gasteiger partial charge in [0.15, 0.2) is 0 Å². The fraction of sp³-hybridized carbons (Fsp3) is 0.562. The summed E-state index contributed by atoms with van der Waals surface area (Å²) in [5.74, 6) is -3.23. The molecule has 1 amide bonds. The molecule has 3 rings (SSSR count). The predicted octanol–water partition coefficient (Wildman–Crippen LogP) is 2.04. The molecule has 23 heavy (non-hydrogen) atoms. The van der Waals surface area contributed by atoms with Gasteiger partial charge in [0.05, 0.1) is 18.7 Å². The first-order chi connectivity index (χ1) is 10.4. The van der Waals surface area contributed by atoms with Crippen molar-refractivity contribution >= 4 is 18.3 Å². The number of aliphatic hydroxyl groups excluding tert-OH is 1. The van der Waals surface area contributed by atoms with Gasteiger partial charge >= 0.3 is 0 Å². The number of carbonyl (C=O) groups excluding carboxylic acids is 1. The van der Waals surface area contributed by atoms with Crippen molar-refractivity contribution in [2.24, 2.45) is 5.41 Å². The third kappa shape index (κ3) is 4.00. The van der Waals surface area contributed by atoms with Crippen LogP contribution in [0.15, 0.2) is 30.3 Å². The molecule has 1 aliphatic heterocycles. The Bertz CT molecular complexity index is 552. The van der Waals surface area contributed by atoms with Gasteiger partial charge in [0.2, 0.25) is 5.91 Å². The van der Waals surface area contributed by atoms with E-state index in [1.807, 2.05) is 30.3 Å². The zero-order chi connectivity index (χ0) is 15.8. The molecule has 4 nitrogen and oxygen atoms in total. The topological polar surface area (TPSA) is 61.4 Å². The molecule has 0 bridgehead atoms. The van der Waals surface area contributed by atoms with E-state index < -0.39 is 36.9 Å². The van der Waals surface area contributed by atoms with Gasteiger partial charge in [-0.2, -0.15) is 0 Å². The summed E-state index contributed by atoms with van der Waals surface area (Å²) in [6.45, 7) is -0.144. The SMILES string of the molecule is Cl.O=C(NCC1(C(O)c2ccccc2)CC1)C1CC(F)(F)CN1. The third-order valence-electron chi connectivity index (χ3n) is 4.63. The van der Waals surface area contributed by atoms with Crippen LogP contribution in [-0.4, -0.2) is 36.1 Å². The van der Waals surface area contributed by atoms with E-state index in [0.29, 0.717) is 6.54 Å². The molecule has 3 N–H and O–H groups in total. The van der Waals surface area contributed by atoms with E-state index in [4.69, 9.17) is 0 Å². The number of halogens is 3. The minimum atomic E-state index is -2.82. The average molecular weight is 347 g/mol. The molecule has 0 spiro atoms. The summed E-state index contributed by atoms with van der Waals surface area (Å²) in [5, 5.41) is 15.7. The van der Waals surface area contributed by atoms with Crippen LogP contribution >= 0.6 is 12.4 Å². The summed E-state index contributed by atoms with van der Waals surface area (Å²) in [5.41, 5.74) is 0.456. The third-order valence-corrected chi connectivity index (χ3v) is 4.63. The number of benzene rings is 1. The van der Waals surface area contributed by atoms with Gasteiger partial charge in [-0.1, -0.05) is 30.3 Å². The van der Waals surface area contributed by atoms with Crippen molar-refractivity contribution in [1.82, 2.24) is 10.6 Å². The molecule has 2 aliphatic rings. The Kier molecular flexibility index (Phi) is 5.28. The maximum absolute atomic E-state index is 13.1. The maximum Gasteiger partial charge on any atom is 0.262 e. The number of hydrogen-bond acceptors (Lipinski definition) is 3. The largest absolute Gasteiger partial charge is 0.388 e. The Labute approximate surface area is 140 Å². The molecular weight excluding hydrogens is 326 g/mol. The Balaban J connectivity index is 0.00000192. The summed E-state index contributed by atoms with van der Waals surface area (Å²) in [6, 6.07) is 8.45. The molecule has 1 aliphatic carbocycles. The number of hydrogen-bond donors (Lipinski definition) is 3. The molecule has 0 aromatic heterocycles. The smallest absolute Gasteiger partial charge is 0.262 e. The van der Waals surface area contributed by atoms with Crippen LogP contribution in [0.3, 0.4) is 0 Å². The molecule has 1 saturated carbocycles. The van der Waals surface area contributed by atoms with E-state index in [-0.39, 0.29) is 17.8 Å². The number of amides is 1. The average Bonchev–Trinajstić information content (AvgIpc) is 3.22. The Morgan fingerprint density at radius 3 is 2.52 bits per heavy atom. The highest BCUT2D eigenvalue weighted by molar-refractivity contribution is 5.85. The number of aliphatic hydroxyl groups is 1. The molecule has 128 valence electrons. The van der Waals surface area contributed by atoms with Crippen molar-refractivity contribution in [2.45, 2.75) is 37.3 Å². The second kappa shape index (κ2) is 6.71. The van der Waals surface area contributed by atoms with Crippen molar-refractivity contribution in [3.63, 3.8) is 0 Å². The van der Waals surface area contributed by atoms with E-state index in [9.17, 15) is 18.7 Å². The van der Waals surface area contributed by atoms with Crippen molar-refractivity contribution in [3.05, 3.63) is 35.9 Å². The Hall–Kier alpha value is -1.24. The molecule has 1 aromatic carbocycles. The second-order valence-electron chi connectivity index (χ2n) is 6.39. The van der Waals surface area contributed by atoms with Crippen LogP contribution in [0.4, 0.5) is 8.78 Å². The van der Waals surface area contributed by atoms with Gasteiger partial charge in [0, 0.05) is 18.4 Å². The molecule has 2 fully saturated rings. The van der Waals surface area contributed by atoms with Gasteiger partial charge < -0.3 is 10.4 Å². The number of carbonyl (C=O) groups is 1. The molecule has 1 heterocycles. The summed E-state index contributed by atoms with van der Waals surface area (Å²) in [4.78, 5) is 12.0. The Morgan fingerprint density at radius 2 is 2.00 bits per heavy atom. The molecule has 1 aromatic rings. The lowest BCUT2D eigenvalue weighted by molar-refractivity contribution is -0.123. The molecule has 2 unspecified atom stereocenters.